The number of rotatable bonds is 12. The van der Waals surface area contributed by atoms with Crippen LogP contribution in [0.15, 0.2) is 0 Å². The number of amides is 4. The molecule has 0 bridgehead atoms. The lowest BCUT2D eigenvalue weighted by atomic mass is 10.1. The maximum absolute atomic E-state index is 11.8. The van der Waals surface area contributed by atoms with E-state index in [-0.39, 0.29) is 12.8 Å². The molecule has 0 heterocycles. The zero-order valence-corrected chi connectivity index (χ0v) is 14.6. The van der Waals surface area contributed by atoms with Crippen LogP contribution in [0.5, 0.6) is 0 Å². The van der Waals surface area contributed by atoms with Crippen LogP contribution >= 0.6 is 0 Å². The molecule has 13 nitrogen and oxygen atoms in total. The summed E-state index contributed by atoms with van der Waals surface area (Å²) < 4.78 is 0. The number of hydrogen-bond acceptors (Lipinski definition) is 7. The number of aliphatic carboxylic acids is 2. The van der Waals surface area contributed by atoms with Crippen molar-refractivity contribution in [1.29, 1.82) is 0 Å². The fourth-order valence-electron chi connectivity index (χ4n) is 1.76. The van der Waals surface area contributed by atoms with Crippen LogP contribution in [0.1, 0.15) is 26.2 Å². The summed E-state index contributed by atoms with van der Waals surface area (Å²) >= 11 is 0. The molecule has 27 heavy (non-hydrogen) atoms. The number of carboxylic acid groups (broad SMARTS) is 2. The monoisotopic (exact) mass is 389 g/mol. The first-order valence-electron chi connectivity index (χ1n) is 7.80. The van der Waals surface area contributed by atoms with Gasteiger partial charge >= 0.3 is 11.9 Å². The van der Waals surface area contributed by atoms with E-state index in [0.29, 0.717) is 0 Å². The van der Waals surface area contributed by atoms with Crippen LogP contribution in [0, 0.1) is 0 Å². The molecule has 0 spiro atoms. The fraction of sp³-hybridized carbons (Fsp3) is 0.571. The van der Waals surface area contributed by atoms with E-state index in [2.05, 4.69) is 10.6 Å². The smallest absolute Gasteiger partial charge is 0.326 e. The van der Waals surface area contributed by atoms with E-state index in [1.165, 1.54) is 6.92 Å². The third-order valence-electron chi connectivity index (χ3n) is 3.22. The number of nitrogens with two attached hydrogens (primary N) is 2. The average Bonchev–Trinajstić information content (AvgIpc) is 2.55. The quantitative estimate of drug-likeness (QED) is 0.173. The largest absolute Gasteiger partial charge is 0.481 e. The van der Waals surface area contributed by atoms with Gasteiger partial charge in [-0.1, -0.05) is 0 Å². The minimum Gasteiger partial charge on any atom is -0.481 e. The zero-order chi connectivity index (χ0) is 21.1. The minimum absolute atomic E-state index is 0.117. The van der Waals surface area contributed by atoms with Crippen molar-refractivity contribution in [2.24, 2.45) is 11.5 Å². The third kappa shape index (κ3) is 10.4. The molecule has 0 aliphatic heterocycles. The van der Waals surface area contributed by atoms with Crippen molar-refractivity contribution in [3.8, 4) is 0 Å². The minimum atomic E-state index is -1.53. The van der Waals surface area contributed by atoms with Crippen molar-refractivity contribution < 1.29 is 39.0 Å². The Hall–Kier alpha value is -3.22. The van der Waals surface area contributed by atoms with E-state index in [4.69, 9.17) is 21.7 Å². The Kier molecular flexibility index (Phi) is 10.0. The fourth-order valence-corrected chi connectivity index (χ4v) is 1.76. The standard InChI is InChI=1S/C14H23N5O8/c1-6(18-13(25)7(15)2-3-11(22)23)12(24)17-5-10(21)19-8(14(26)27)4-9(16)20/h6-8H,2-5,15H2,1H3,(H2,16,20)(H,17,24)(H,18,25)(H,19,21)(H,22,23)(H,26,27). The number of carboxylic acids is 2. The predicted molar refractivity (Wildman–Crippen MR) is 88.8 cm³/mol. The Bertz CT molecular complexity index is 608. The van der Waals surface area contributed by atoms with Gasteiger partial charge in [0.15, 0.2) is 0 Å². The highest BCUT2D eigenvalue weighted by Crippen LogP contribution is 1.96. The summed E-state index contributed by atoms with van der Waals surface area (Å²) in [6.45, 7) is 0.703. The molecule has 4 amide bonds. The molecule has 0 radical (unpaired) electrons. The molecule has 0 aliphatic carbocycles. The molecule has 13 heteroatoms. The van der Waals surface area contributed by atoms with Crippen LogP contribution in [-0.2, 0) is 28.8 Å². The first-order chi connectivity index (χ1) is 12.4. The first-order valence-corrected chi connectivity index (χ1v) is 7.80. The van der Waals surface area contributed by atoms with E-state index in [9.17, 15) is 28.8 Å². The van der Waals surface area contributed by atoms with Crippen molar-refractivity contribution in [1.82, 2.24) is 16.0 Å². The van der Waals surface area contributed by atoms with E-state index in [0.717, 1.165) is 0 Å². The maximum Gasteiger partial charge on any atom is 0.326 e. The van der Waals surface area contributed by atoms with Crippen LogP contribution in [0.4, 0.5) is 0 Å². The lowest BCUT2D eigenvalue weighted by Gasteiger charge is -2.17. The topological polar surface area (TPSA) is 231 Å². The second-order valence-electron chi connectivity index (χ2n) is 5.62. The molecule has 0 saturated carbocycles. The third-order valence-corrected chi connectivity index (χ3v) is 3.22. The summed E-state index contributed by atoms with van der Waals surface area (Å²) in [5, 5.41) is 23.8. The molecule has 3 unspecified atom stereocenters. The van der Waals surface area contributed by atoms with Gasteiger partial charge in [0, 0.05) is 6.42 Å². The van der Waals surface area contributed by atoms with Crippen LogP contribution < -0.4 is 27.4 Å². The summed E-state index contributed by atoms with van der Waals surface area (Å²) in [6.07, 6.45) is -1.05. The molecule has 0 aliphatic rings. The lowest BCUT2D eigenvalue weighted by molar-refractivity contribution is -0.143. The molecular weight excluding hydrogens is 366 g/mol. The number of nitrogens with one attached hydrogen (secondary N) is 3. The number of primary amides is 1. The number of carbonyl (C=O) groups is 6. The summed E-state index contributed by atoms with van der Waals surface area (Å²) in [5.41, 5.74) is 10.4. The summed E-state index contributed by atoms with van der Waals surface area (Å²) in [4.78, 5) is 67.3. The molecule has 0 rings (SSSR count). The van der Waals surface area contributed by atoms with Gasteiger partial charge in [0.05, 0.1) is 19.0 Å². The highest BCUT2D eigenvalue weighted by molar-refractivity contribution is 5.93. The van der Waals surface area contributed by atoms with Crippen LogP contribution in [0.2, 0.25) is 0 Å². The zero-order valence-electron chi connectivity index (χ0n) is 14.6. The first kappa shape index (κ1) is 23.8. The van der Waals surface area contributed by atoms with Crippen molar-refractivity contribution in [2.75, 3.05) is 6.54 Å². The Morgan fingerprint density at radius 2 is 1.59 bits per heavy atom. The molecule has 0 saturated heterocycles. The van der Waals surface area contributed by atoms with E-state index < -0.39 is 66.7 Å². The molecule has 3 atom stereocenters. The Labute approximate surface area is 153 Å². The molecule has 0 aromatic rings. The molecular formula is C14H23N5O8. The highest BCUT2D eigenvalue weighted by atomic mass is 16.4. The molecule has 152 valence electrons. The molecule has 0 aromatic carbocycles. The summed E-state index contributed by atoms with van der Waals surface area (Å²) in [5.74, 6) is -5.90. The lowest BCUT2D eigenvalue weighted by Crippen LogP contribution is -2.52. The van der Waals surface area contributed by atoms with Gasteiger partial charge < -0.3 is 37.6 Å². The van der Waals surface area contributed by atoms with Gasteiger partial charge in [0.2, 0.25) is 23.6 Å². The Morgan fingerprint density at radius 3 is 2.07 bits per heavy atom. The van der Waals surface area contributed by atoms with E-state index in [1.807, 2.05) is 5.32 Å². The Morgan fingerprint density at radius 1 is 1.00 bits per heavy atom. The molecule has 0 aromatic heterocycles. The van der Waals surface area contributed by atoms with Crippen molar-refractivity contribution in [3.63, 3.8) is 0 Å². The van der Waals surface area contributed by atoms with Crippen LogP contribution in [0.25, 0.3) is 0 Å². The maximum atomic E-state index is 11.8. The SMILES string of the molecule is CC(NC(=O)C(N)CCC(=O)O)C(=O)NCC(=O)NC(CC(N)=O)C(=O)O. The van der Waals surface area contributed by atoms with Gasteiger partial charge in [0.1, 0.15) is 12.1 Å². The van der Waals surface area contributed by atoms with Gasteiger partial charge in [-0.25, -0.2) is 4.79 Å². The summed E-state index contributed by atoms with van der Waals surface area (Å²) in [6, 6.07) is -3.73. The van der Waals surface area contributed by atoms with Crippen molar-refractivity contribution in [2.45, 2.75) is 44.3 Å². The van der Waals surface area contributed by atoms with Crippen molar-refractivity contribution >= 4 is 35.6 Å². The summed E-state index contributed by atoms with van der Waals surface area (Å²) in [7, 11) is 0. The normalized spacial score (nSPS) is 13.6. The van der Waals surface area contributed by atoms with E-state index >= 15 is 0 Å². The van der Waals surface area contributed by atoms with Gasteiger partial charge in [-0.3, -0.25) is 24.0 Å². The number of hydrogen-bond donors (Lipinski definition) is 7. The van der Waals surface area contributed by atoms with Gasteiger partial charge in [0.25, 0.3) is 0 Å². The molecule has 0 fully saturated rings. The van der Waals surface area contributed by atoms with Crippen molar-refractivity contribution in [3.05, 3.63) is 0 Å². The van der Waals surface area contributed by atoms with Crippen LogP contribution in [0.3, 0.4) is 0 Å². The van der Waals surface area contributed by atoms with E-state index in [1.54, 1.807) is 0 Å². The second kappa shape index (κ2) is 11.4. The highest BCUT2D eigenvalue weighted by Gasteiger charge is 2.24. The van der Waals surface area contributed by atoms with Crippen LogP contribution in [-0.4, -0.2) is 70.5 Å². The average molecular weight is 389 g/mol. The number of carbonyl (C=O) groups excluding carboxylic acids is 4. The van der Waals surface area contributed by atoms with Gasteiger partial charge in [-0.2, -0.15) is 0 Å². The Balaban J connectivity index is 4.41. The van der Waals surface area contributed by atoms with Gasteiger partial charge in [-0.05, 0) is 13.3 Å². The van der Waals surface area contributed by atoms with Gasteiger partial charge in [-0.15, -0.1) is 0 Å². The predicted octanol–water partition coefficient (Wildman–Crippen LogP) is -3.76. The second-order valence-corrected chi connectivity index (χ2v) is 5.62. The molecule has 9 N–H and O–H groups in total.